The van der Waals surface area contributed by atoms with Crippen LogP contribution in [0.3, 0.4) is 0 Å². The number of benzene rings is 1. The van der Waals surface area contributed by atoms with Crippen LogP contribution in [0.1, 0.15) is 46.0 Å². The summed E-state index contributed by atoms with van der Waals surface area (Å²) in [5, 5.41) is 19.2. The molecule has 0 aliphatic carbocycles. The molecule has 5 N–H and O–H groups in total. The van der Waals surface area contributed by atoms with Gasteiger partial charge in [0.1, 0.15) is 16.9 Å². The Labute approximate surface area is 172 Å². The van der Waals surface area contributed by atoms with Gasteiger partial charge in [-0.2, -0.15) is 0 Å². The molecule has 1 aromatic heterocycles. The highest BCUT2D eigenvalue weighted by molar-refractivity contribution is 6.07. The molecule has 0 atom stereocenters. The third-order valence-electron chi connectivity index (χ3n) is 4.42. The van der Waals surface area contributed by atoms with Gasteiger partial charge in [0.25, 0.3) is 5.56 Å². The quantitative estimate of drug-likeness (QED) is 0.341. The van der Waals surface area contributed by atoms with Gasteiger partial charge in [-0.05, 0) is 30.5 Å². The van der Waals surface area contributed by atoms with Crippen LogP contribution in [0, 0.1) is 0 Å². The standard InChI is InChI=1S/C21H24N2O7/c1-4-6-8-30-17-11(7-5-2)9-12(10-13(17)29-3)14-15(20(25)26)18(22)23-19(24)16(14)21(27)28/h5,9-10H,2,4,6-8H2,1,3H3,(H,25,26)(H,27,28)(H3,22,23,24). The maximum absolute atomic E-state index is 12.3. The predicted octanol–water partition coefficient (Wildman–Crippen LogP) is 2.94. The van der Waals surface area contributed by atoms with E-state index < -0.39 is 34.4 Å². The van der Waals surface area contributed by atoms with E-state index in [1.54, 1.807) is 12.1 Å². The Hall–Kier alpha value is -3.75. The summed E-state index contributed by atoms with van der Waals surface area (Å²) < 4.78 is 11.3. The van der Waals surface area contributed by atoms with E-state index in [0.717, 1.165) is 12.8 Å². The lowest BCUT2D eigenvalue weighted by atomic mass is 9.93. The smallest absolute Gasteiger partial charge is 0.342 e. The van der Waals surface area contributed by atoms with Crippen LogP contribution in [0.15, 0.2) is 29.6 Å². The molecule has 1 aromatic carbocycles. The van der Waals surface area contributed by atoms with Crippen LogP contribution in [0.25, 0.3) is 11.1 Å². The molecule has 2 rings (SSSR count). The van der Waals surface area contributed by atoms with Crippen LogP contribution in [-0.2, 0) is 6.42 Å². The number of allylic oxidation sites excluding steroid dienone is 1. The summed E-state index contributed by atoms with van der Waals surface area (Å²) >= 11 is 0. The number of aromatic nitrogens is 1. The van der Waals surface area contributed by atoms with E-state index in [2.05, 4.69) is 11.6 Å². The minimum absolute atomic E-state index is 0.152. The number of carboxylic acid groups (broad SMARTS) is 2. The first-order valence-electron chi connectivity index (χ1n) is 9.24. The second-order valence-corrected chi connectivity index (χ2v) is 6.46. The Kier molecular flexibility index (Phi) is 7.24. The topological polar surface area (TPSA) is 152 Å². The number of unbranched alkanes of at least 4 members (excludes halogenated alkanes) is 1. The van der Waals surface area contributed by atoms with Crippen molar-refractivity contribution >= 4 is 17.8 Å². The van der Waals surface area contributed by atoms with Crippen molar-refractivity contribution in [1.82, 2.24) is 4.98 Å². The number of hydrogen-bond acceptors (Lipinski definition) is 6. The molecule has 9 heteroatoms. The Bertz CT molecular complexity index is 1040. The summed E-state index contributed by atoms with van der Waals surface area (Å²) in [5.74, 6) is -2.79. The first kappa shape index (κ1) is 22.5. The van der Waals surface area contributed by atoms with Crippen molar-refractivity contribution < 1.29 is 29.3 Å². The van der Waals surface area contributed by atoms with Crippen molar-refractivity contribution in [2.45, 2.75) is 26.2 Å². The lowest BCUT2D eigenvalue weighted by Crippen LogP contribution is -2.24. The second kappa shape index (κ2) is 9.64. The van der Waals surface area contributed by atoms with Gasteiger partial charge in [-0.3, -0.25) is 4.79 Å². The van der Waals surface area contributed by atoms with Crippen LogP contribution in [0.2, 0.25) is 0 Å². The summed E-state index contributed by atoms with van der Waals surface area (Å²) in [4.78, 5) is 38.0. The summed E-state index contributed by atoms with van der Waals surface area (Å²) in [7, 11) is 1.41. The zero-order valence-corrected chi connectivity index (χ0v) is 16.8. The molecule has 9 nitrogen and oxygen atoms in total. The van der Waals surface area contributed by atoms with Crippen molar-refractivity contribution in [3.05, 3.63) is 51.8 Å². The third kappa shape index (κ3) is 4.45. The Morgan fingerprint density at radius 1 is 1.23 bits per heavy atom. The molecule has 0 aliphatic rings. The monoisotopic (exact) mass is 416 g/mol. The molecule has 1 heterocycles. The highest BCUT2D eigenvalue weighted by Crippen LogP contribution is 2.39. The number of rotatable bonds is 10. The van der Waals surface area contributed by atoms with Gasteiger partial charge in [0.05, 0.1) is 13.7 Å². The number of nitrogens with two attached hydrogens (primary N) is 1. The number of ether oxygens (including phenoxy) is 2. The number of pyridine rings is 1. The van der Waals surface area contributed by atoms with E-state index in [0.29, 0.717) is 24.3 Å². The third-order valence-corrected chi connectivity index (χ3v) is 4.42. The molecular weight excluding hydrogens is 392 g/mol. The summed E-state index contributed by atoms with van der Waals surface area (Å²) in [6, 6.07) is 2.99. The van der Waals surface area contributed by atoms with E-state index in [1.807, 2.05) is 6.92 Å². The molecule has 0 aliphatic heterocycles. The fraction of sp³-hybridized carbons (Fsp3) is 0.286. The van der Waals surface area contributed by atoms with E-state index in [-0.39, 0.29) is 16.9 Å². The summed E-state index contributed by atoms with van der Waals surface area (Å²) in [6.45, 7) is 6.17. The first-order valence-corrected chi connectivity index (χ1v) is 9.24. The highest BCUT2D eigenvalue weighted by atomic mass is 16.5. The molecular formula is C21H24N2O7. The maximum Gasteiger partial charge on any atom is 0.342 e. The molecule has 160 valence electrons. The van der Waals surface area contributed by atoms with Crippen LogP contribution in [-0.4, -0.2) is 40.9 Å². The van der Waals surface area contributed by atoms with E-state index in [1.165, 1.54) is 13.2 Å². The number of aromatic amines is 1. The van der Waals surface area contributed by atoms with Crippen LogP contribution in [0.4, 0.5) is 5.82 Å². The second-order valence-electron chi connectivity index (χ2n) is 6.46. The molecule has 0 unspecified atom stereocenters. The van der Waals surface area contributed by atoms with E-state index in [4.69, 9.17) is 15.2 Å². The number of hydrogen-bond donors (Lipinski definition) is 4. The molecule has 0 fully saturated rings. The maximum atomic E-state index is 12.3. The Balaban J connectivity index is 2.88. The highest BCUT2D eigenvalue weighted by Gasteiger charge is 2.28. The number of anilines is 1. The minimum atomic E-state index is -1.58. The fourth-order valence-electron chi connectivity index (χ4n) is 3.08. The van der Waals surface area contributed by atoms with E-state index in [9.17, 15) is 24.6 Å². The Morgan fingerprint density at radius 3 is 2.43 bits per heavy atom. The van der Waals surface area contributed by atoms with Crippen molar-refractivity contribution in [1.29, 1.82) is 0 Å². The van der Waals surface area contributed by atoms with Crippen LogP contribution >= 0.6 is 0 Å². The molecule has 2 aromatic rings. The molecule has 0 bridgehead atoms. The van der Waals surface area contributed by atoms with Crippen LogP contribution < -0.4 is 20.8 Å². The van der Waals surface area contributed by atoms with Gasteiger partial charge in [-0.15, -0.1) is 6.58 Å². The molecule has 30 heavy (non-hydrogen) atoms. The number of carbonyl (C=O) groups is 2. The van der Waals surface area contributed by atoms with Crippen molar-refractivity contribution in [3.63, 3.8) is 0 Å². The minimum Gasteiger partial charge on any atom is -0.493 e. The van der Waals surface area contributed by atoms with Crippen LogP contribution in [0.5, 0.6) is 11.5 Å². The molecule has 0 radical (unpaired) electrons. The lowest BCUT2D eigenvalue weighted by Gasteiger charge is -2.18. The zero-order valence-electron chi connectivity index (χ0n) is 16.8. The summed E-state index contributed by atoms with van der Waals surface area (Å²) in [5.41, 5.74) is 3.90. The van der Waals surface area contributed by atoms with Gasteiger partial charge < -0.3 is 30.4 Å². The van der Waals surface area contributed by atoms with Gasteiger partial charge >= 0.3 is 11.9 Å². The number of H-pyrrole nitrogens is 1. The average Bonchev–Trinajstić information content (AvgIpc) is 2.67. The SMILES string of the molecule is C=CCc1cc(-c2c(C(=O)O)c(N)[nH]c(=O)c2C(=O)O)cc(OC)c1OCCCC. The summed E-state index contributed by atoms with van der Waals surface area (Å²) in [6.07, 6.45) is 3.70. The number of methoxy groups -OCH3 is 1. The molecule has 0 saturated heterocycles. The largest absolute Gasteiger partial charge is 0.493 e. The zero-order chi connectivity index (χ0) is 22.4. The van der Waals surface area contributed by atoms with Gasteiger partial charge in [0.2, 0.25) is 0 Å². The van der Waals surface area contributed by atoms with Gasteiger partial charge in [0, 0.05) is 11.1 Å². The lowest BCUT2D eigenvalue weighted by molar-refractivity contribution is 0.0695. The molecule has 0 spiro atoms. The van der Waals surface area contributed by atoms with Gasteiger partial charge in [-0.25, -0.2) is 9.59 Å². The van der Waals surface area contributed by atoms with Gasteiger partial charge in [0.15, 0.2) is 11.5 Å². The first-order chi connectivity index (χ1) is 14.3. The average molecular weight is 416 g/mol. The van der Waals surface area contributed by atoms with Crippen molar-refractivity contribution in [2.24, 2.45) is 0 Å². The number of aromatic carboxylic acids is 2. The normalized spacial score (nSPS) is 10.5. The van der Waals surface area contributed by atoms with Crippen molar-refractivity contribution in [3.8, 4) is 22.6 Å². The number of nitrogen functional groups attached to an aromatic ring is 1. The van der Waals surface area contributed by atoms with Crippen molar-refractivity contribution in [2.75, 3.05) is 19.5 Å². The Morgan fingerprint density at radius 2 is 1.90 bits per heavy atom. The van der Waals surface area contributed by atoms with E-state index >= 15 is 0 Å². The number of nitrogens with one attached hydrogen (secondary N) is 1. The van der Waals surface area contributed by atoms with Gasteiger partial charge in [-0.1, -0.05) is 19.4 Å². The predicted molar refractivity (Wildman–Crippen MR) is 112 cm³/mol. The molecule has 0 amide bonds. The molecule has 0 saturated carbocycles. The fourth-order valence-corrected chi connectivity index (χ4v) is 3.08. The number of carboxylic acids is 2.